The maximum atomic E-state index is 12.5. The fourth-order valence-electron chi connectivity index (χ4n) is 2.93. The summed E-state index contributed by atoms with van der Waals surface area (Å²) in [6, 6.07) is 10.4. The number of carboxylic acid groups (broad SMARTS) is 1. The van der Waals surface area contributed by atoms with Crippen LogP contribution in [0, 0.1) is 0 Å². The van der Waals surface area contributed by atoms with Crippen LogP contribution in [0.15, 0.2) is 30.3 Å². The second kappa shape index (κ2) is 6.54. The summed E-state index contributed by atoms with van der Waals surface area (Å²) in [4.78, 5) is 26.7. The van der Waals surface area contributed by atoms with Gasteiger partial charge in [-0.1, -0.05) is 24.3 Å². The summed E-state index contributed by atoms with van der Waals surface area (Å²) in [6.07, 6.45) is 2.55. The summed E-state index contributed by atoms with van der Waals surface area (Å²) in [5.74, 6) is -0.846. The fourth-order valence-corrected chi connectivity index (χ4v) is 4.20. The quantitative estimate of drug-likeness (QED) is 0.914. The lowest BCUT2D eigenvalue weighted by Crippen LogP contribution is -2.27. The molecule has 1 aromatic carbocycles. The van der Waals surface area contributed by atoms with Gasteiger partial charge in [-0.05, 0) is 42.0 Å². The van der Waals surface area contributed by atoms with Crippen LogP contribution in [0.3, 0.4) is 0 Å². The molecule has 1 amide bonds. The number of hydrogen-bond donors (Lipinski definition) is 1. The van der Waals surface area contributed by atoms with Gasteiger partial charge in [0.15, 0.2) is 0 Å². The SMILES string of the molecule is CN(CCCC(=O)O)C(=O)c1cc2c(s1)-c1ccccc1CC2. The summed E-state index contributed by atoms with van der Waals surface area (Å²) in [5.41, 5.74) is 3.83. The second-order valence-corrected chi connectivity index (χ2v) is 6.90. The number of aryl methyl sites for hydroxylation is 2. The van der Waals surface area contributed by atoms with E-state index in [-0.39, 0.29) is 12.3 Å². The van der Waals surface area contributed by atoms with Crippen LogP contribution in [0.2, 0.25) is 0 Å². The number of carbonyl (C=O) groups is 2. The third-order valence-electron chi connectivity index (χ3n) is 4.18. The molecule has 0 atom stereocenters. The molecule has 1 aromatic heterocycles. The first-order chi connectivity index (χ1) is 11.1. The number of thiophene rings is 1. The molecule has 2 aromatic rings. The van der Waals surface area contributed by atoms with E-state index in [0.717, 1.165) is 17.7 Å². The Kier molecular flexibility index (Phi) is 4.48. The van der Waals surface area contributed by atoms with Gasteiger partial charge in [0.2, 0.25) is 0 Å². The minimum Gasteiger partial charge on any atom is -0.481 e. The van der Waals surface area contributed by atoms with Gasteiger partial charge in [0.25, 0.3) is 5.91 Å². The molecule has 0 spiro atoms. The van der Waals surface area contributed by atoms with Crippen molar-refractivity contribution in [1.29, 1.82) is 0 Å². The Morgan fingerprint density at radius 2 is 1.96 bits per heavy atom. The molecule has 0 saturated carbocycles. The molecule has 1 N–H and O–H groups in total. The molecule has 0 fully saturated rings. The zero-order valence-corrected chi connectivity index (χ0v) is 13.9. The molecule has 3 rings (SSSR count). The van der Waals surface area contributed by atoms with E-state index in [2.05, 4.69) is 18.2 Å². The summed E-state index contributed by atoms with van der Waals surface area (Å²) in [5, 5.41) is 8.68. The second-order valence-electron chi connectivity index (χ2n) is 5.85. The number of hydrogen-bond acceptors (Lipinski definition) is 3. The molecule has 0 bridgehead atoms. The topological polar surface area (TPSA) is 57.6 Å². The minimum absolute atomic E-state index is 0.0210. The highest BCUT2D eigenvalue weighted by Crippen LogP contribution is 2.39. The van der Waals surface area contributed by atoms with E-state index in [1.54, 1.807) is 23.3 Å². The van der Waals surface area contributed by atoms with Crippen LogP contribution in [-0.4, -0.2) is 35.5 Å². The maximum absolute atomic E-state index is 12.5. The predicted octanol–water partition coefficient (Wildman–Crippen LogP) is 3.45. The predicted molar refractivity (Wildman–Crippen MR) is 91.0 cm³/mol. The number of carbonyl (C=O) groups excluding carboxylic acids is 1. The Labute approximate surface area is 139 Å². The lowest BCUT2D eigenvalue weighted by molar-refractivity contribution is -0.137. The van der Waals surface area contributed by atoms with E-state index in [4.69, 9.17) is 5.11 Å². The van der Waals surface area contributed by atoms with Gasteiger partial charge < -0.3 is 10.0 Å². The minimum atomic E-state index is -0.825. The van der Waals surface area contributed by atoms with Gasteiger partial charge >= 0.3 is 5.97 Å². The van der Waals surface area contributed by atoms with E-state index in [1.807, 2.05) is 12.1 Å². The lowest BCUT2D eigenvalue weighted by atomic mass is 9.91. The third kappa shape index (κ3) is 3.29. The number of benzene rings is 1. The van der Waals surface area contributed by atoms with Gasteiger partial charge in [-0.25, -0.2) is 0 Å². The number of nitrogens with zero attached hydrogens (tertiary/aromatic N) is 1. The maximum Gasteiger partial charge on any atom is 0.303 e. The smallest absolute Gasteiger partial charge is 0.303 e. The Morgan fingerprint density at radius 1 is 1.22 bits per heavy atom. The molecule has 5 heteroatoms. The molecule has 0 unspecified atom stereocenters. The van der Waals surface area contributed by atoms with Crippen LogP contribution in [0.5, 0.6) is 0 Å². The highest BCUT2D eigenvalue weighted by atomic mass is 32.1. The zero-order valence-electron chi connectivity index (χ0n) is 13.0. The van der Waals surface area contributed by atoms with Crippen LogP contribution in [0.4, 0.5) is 0 Å². The van der Waals surface area contributed by atoms with E-state index in [9.17, 15) is 9.59 Å². The summed E-state index contributed by atoms with van der Waals surface area (Å²) < 4.78 is 0. The van der Waals surface area contributed by atoms with Crippen LogP contribution in [-0.2, 0) is 17.6 Å². The van der Waals surface area contributed by atoms with Gasteiger partial charge in [0.1, 0.15) is 0 Å². The number of fused-ring (bicyclic) bond motifs is 3. The average molecular weight is 329 g/mol. The normalized spacial score (nSPS) is 12.4. The van der Waals surface area contributed by atoms with Gasteiger partial charge in [0.05, 0.1) is 4.88 Å². The van der Waals surface area contributed by atoms with Crippen molar-refractivity contribution < 1.29 is 14.7 Å². The highest BCUT2D eigenvalue weighted by molar-refractivity contribution is 7.17. The van der Waals surface area contributed by atoms with Crippen molar-refractivity contribution in [2.24, 2.45) is 0 Å². The van der Waals surface area contributed by atoms with Gasteiger partial charge in [-0.15, -0.1) is 11.3 Å². The molecule has 1 heterocycles. The standard InChI is InChI=1S/C18H19NO3S/c1-19(10-4-7-16(20)21)18(22)15-11-13-9-8-12-5-2-3-6-14(12)17(13)23-15/h2-3,5-6,11H,4,7-10H2,1H3,(H,20,21). The highest BCUT2D eigenvalue weighted by Gasteiger charge is 2.22. The molecule has 1 aliphatic rings. The van der Waals surface area contributed by atoms with Crippen LogP contribution in [0.25, 0.3) is 10.4 Å². The monoisotopic (exact) mass is 329 g/mol. The van der Waals surface area contributed by atoms with Crippen molar-refractivity contribution in [3.05, 3.63) is 46.3 Å². The van der Waals surface area contributed by atoms with Crippen LogP contribution < -0.4 is 0 Å². The van der Waals surface area contributed by atoms with E-state index in [0.29, 0.717) is 13.0 Å². The number of amides is 1. The van der Waals surface area contributed by atoms with E-state index < -0.39 is 5.97 Å². The molecule has 1 aliphatic carbocycles. The largest absolute Gasteiger partial charge is 0.481 e. The first-order valence-corrected chi connectivity index (χ1v) is 8.56. The Balaban J connectivity index is 1.77. The number of rotatable bonds is 5. The zero-order chi connectivity index (χ0) is 16.4. The molecule has 23 heavy (non-hydrogen) atoms. The van der Waals surface area contributed by atoms with Crippen molar-refractivity contribution in [3.8, 4) is 10.4 Å². The fraction of sp³-hybridized carbons (Fsp3) is 0.333. The Bertz CT molecular complexity index is 750. The van der Waals surface area contributed by atoms with Crippen molar-refractivity contribution in [2.45, 2.75) is 25.7 Å². The Hall–Kier alpha value is -2.14. The Morgan fingerprint density at radius 3 is 2.74 bits per heavy atom. The van der Waals surface area contributed by atoms with Crippen molar-refractivity contribution in [1.82, 2.24) is 4.90 Å². The number of aliphatic carboxylic acids is 1. The van der Waals surface area contributed by atoms with Crippen molar-refractivity contribution >= 4 is 23.2 Å². The average Bonchev–Trinajstić information content (AvgIpc) is 2.98. The summed E-state index contributed by atoms with van der Waals surface area (Å²) in [6.45, 7) is 0.463. The van der Waals surface area contributed by atoms with E-state index in [1.165, 1.54) is 21.6 Å². The first-order valence-electron chi connectivity index (χ1n) is 7.74. The molecule has 0 aliphatic heterocycles. The molecule has 0 radical (unpaired) electrons. The summed E-state index contributed by atoms with van der Waals surface area (Å²) in [7, 11) is 1.73. The molecule has 120 valence electrons. The van der Waals surface area contributed by atoms with Gasteiger partial charge in [-0.2, -0.15) is 0 Å². The van der Waals surface area contributed by atoms with Crippen LogP contribution >= 0.6 is 11.3 Å². The lowest BCUT2D eigenvalue weighted by Gasteiger charge is -2.15. The van der Waals surface area contributed by atoms with Gasteiger partial charge in [-0.3, -0.25) is 9.59 Å². The summed E-state index contributed by atoms with van der Waals surface area (Å²) >= 11 is 1.55. The first kappa shape index (κ1) is 15.7. The molecule has 0 saturated heterocycles. The van der Waals surface area contributed by atoms with Crippen molar-refractivity contribution in [3.63, 3.8) is 0 Å². The molecular formula is C18H19NO3S. The molecular weight excluding hydrogens is 310 g/mol. The van der Waals surface area contributed by atoms with Crippen molar-refractivity contribution in [2.75, 3.05) is 13.6 Å². The third-order valence-corrected chi connectivity index (χ3v) is 5.37. The molecule has 4 nitrogen and oxygen atoms in total. The van der Waals surface area contributed by atoms with Crippen LogP contribution in [0.1, 0.15) is 33.6 Å². The van der Waals surface area contributed by atoms with E-state index >= 15 is 0 Å². The number of carboxylic acids is 1. The van der Waals surface area contributed by atoms with Gasteiger partial charge in [0, 0.05) is 24.9 Å².